The summed E-state index contributed by atoms with van der Waals surface area (Å²) in [7, 11) is 0. The number of hydrogen-bond acceptors (Lipinski definition) is 5. The summed E-state index contributed by atoms with van der Waals surface area (Å²) in [5.74, 6) is -0.866. The summed E-state index contributed by atoms with van der Waals surface area (Å²) < 4.78 is 37.7. The fraction of sp³-hybridized carbons (Fsp3) is 0.409. The lowest BCUT2D eigenvalue weighted by molar-refractivity contribution is -0.192. The van der Waals surface area contributed by atoms with E-state index in [2.05, 4.69) is 66.8 Å². The molecule has 0 saturated heterocycles. The molecule has 31 heavy (non-hydrogen) atoms. The van der Waals surface area contributed by atoms with Gasteiger partial charge in [0.25, 0.3) is 0 Å². The third-order valence-corrected chi connectivity index (χ3v) is 4.27. The van der Waals surface area contributed by atoms with E-state index in [0.29, 0.717) is 0 Å². The lowest BCUT2D eigenvalue weighted by Crippen LogP contribution is -2.23. The average Bonchev–Trinajstić information content (AvgIpc) is 3.15. The summed E-state index contributed by atoms with van der Waals surface area (Å²) in [6.45, 7) is 12.1. The Morgan fingerprint density at radius 2 is 1.68 bits per heavy atom. The predicted molar refractivity (Wildman–Crippen MR) is 112 cm³/mol. The van der Waals surface area contributed by atoms with Crippen LogP contribution in [0.2, 0.25) is 0 Å². The largest absolute Gasteiger partial charge is 0.490 e. The highest BCUT2D eigenvalue weighted by atomic mass is 19.4. The smallest absolute Gasteiger partial charge is 0.488 e. The number of nitrogens with zero attached hydrogens (tertiary/aromatic N) is 3. The Kier molecular flexibility index (Phi) is 7.30. The van der Waals surface area contributed by atoms with Gasteiger partial charge in [-0.1, -0.05) is 18.2 Å². The summed E-state index contributed by atoms with van der Waals surface area (Å²) in [4.78, 5) is 20.1. The highest BCUT2D eigenvalue weighted by Gasteiger charge is 2.38. The maximum atomic E-state index is 10.6. The number of aliphatic carboxylic acids is 1. The van der Waals surface area contributed by atoms with Crippen LogP contribution in [0.25, 0.3) is 11.1 Å². The summed E-state index contributed by atoms with van der Waals surface area (Å²) in [5.41, 5.74) is 4.24. The Morgan fingerprint density at radius 1 is 1.10 bits per heavy atom. The number of carbonyl (C=O) groups is 1. The van der Waals surface area contributed by atoms with Crippen molar-refractivity contribution in [3.63, 3.8) is 0 Å². The first-order valence-corrected chi connectivity index (χ1v) is 9.61. The third kappa shape index (κ3) is 6.70. The highest BCUT2D eigenvalue weighted by molar-refractivity contribution is 5.80. The second-order valence-corrected chi connectivity index (χ2v) is 8.03. The summed E-state index contributed by atoms with van der Waals surface area (Å²) in [5, 5.41) is 7.12. The molecule has 0 saturated carbocycles. The number of rotatable bonds is 3. The van der Waals surface area contributed by atoms with Gasteiger partial charge in [0.1, 0.15) is 23.5 Å². The molecular weight excluding hydrogens is 411 g/mol. The minimum atomic E-state index is -5.08. The van der Waals surface area contributed by atoms with Crippen molar-refractivity contribution in [2.75, 3.05) is 18.0 Å². The second kappa shape index (κ2) is 9.36. The van der Waals surface area contributed by atoms with Gasteiger partial charge in [-0.25, -0.2) is 14.8 Å². The monoisotopic (exact) mass is 437 g/mol. The zero-order valence-corrected chi connectivity index (χ0v) is 18.1. The van der Waals surface area contributed by atoms with Gasteiger partial charge in [0.15, 0.2) is 0 Å². The molecule has 1 aromatic heterocycles. The Bertz CT molecular complexity index is 959. The molecular formula is C22H26F3N3O3. The lowest BCUT2D eigenvalue weighted by Gasteiger charge is -2.24. The van der Waals surface area contributed by atoms with Gasteiger partial charge in [0.05, 0.1) is 5.69 Å². The molecule has 168 valence electrons. The Labute approximate surface area is 179 Å². The van der Waals surface area contributed by atoms with Crippen molar-refractivity contribution in [1.82, 2.24) is 9.97 Å². The van der Waals surface area contributed by atoms with Crippen LogP contribution in [-0.4, -0.2) is 45.9 Å². The van der Waals surface area contributed by atoms with Crippen LogP contribution in [0.5, 0.6) is 5.75 Å². The minimum Gasteiger partial charge on any atom is -0.488 e. The summed E-state index contributed by atoms with van der Waals surface area (Å²) in [6, 6.07) is 6.25. The molecule has 0 bridgehead atoms. The van der Waals surface area contributed by atoms with Gasteiger partial charge < -0.3 is 14.7 Å². The average molecular weight is 437 g/mol. The summed E-state index contributed by atoms with van der Waals surface area (Å²) in [6.07, 6.45) is 0.918. The van der Waals surface area contributed by atoms with E-state index in [9.17, 15) is 13.2 Å². The van der Waals surface area contributed by atoms with E-state index < -0.39 is 12.1 Å². The zero-order valence-electron chi connectivity index (χ0n) is 18.1. The first-order valence-electron chi connectivity index (χ1n) is 9.61. The van der Waals surface area contributed by atoms with Crippen LogP contribution >= 0.6 is 0 Å². The number of anilines is 1. The van der Waals surface area contributed by atoms with Crippen molar-refractivity contribution in [2.45, 2.75) is 46.4 Å². The molecule has 9 heteroatoms. The van der Waals surface area contributed by atoms with Crippen molar-refractivity contribution in [1.29, 1.82) is 0 Å². The number of aromatic nitrogens is 2. The van der Waals surface area contributed by atoms with Crippen LogP contribution in [0.15, 0.2) is 36.7 Å². The van der Waals surface area contributed by atoms with E-state index in [1.807, 2.05) is 13.0 Å². The number of carboxylic acid groups (broad SMARTS) is 1. The van der Waals surface area contributed by atoms with Crippen LogP contribution < -0.4 is 9.64 Å². The number of hydrogen-bond donors (Lipinski definition) is 1. The van der Waals surface area contributed by atoms with E-state index in [0.717, 1.165) is 41.5 Å². The van der Waals surface area contributed by atoms with E-state index >= 15 is 0 Å². The molecule has 0 atom stereocenters. The van der Waals surface area contributed by atoms with E-state index in [1.54, 1.807) is 6.33 Å². The van der Waals surface area contributed by atoms with E-state index in [-0.39, 0.29) is 5.60 Å². The van der Waals surface area contributed by atoms with E-state index in [4.69, 9.17) is 14.6 Å². The quantitative estimate of drug-likeness (QED) is 0.685. The number of halogens is 3. The first kappa shape index (κ1) is 24.2. The van der Waals surface area contributed by atoms with Gasteiger partial charge in [-0.2, -0.15) is 13.2 Å². The topological polar surface area (TPSA) is 75.6 Å². The van der Waals surface area contributed by atoms with Crippen molar-refractivity contribution >= 4 is 11.8 Å². The van der Waals surface area contributed by atoms with E-state index in [1.165, 1.54) is 5.56 Å². The minimum absolute atomic E-state index is 0.202. The Hall–Kier alpha value is -3.10. The van der Waals surface area contributed by atoms with Crippen molar-refractivity contribution in [3.05, 3.63) is 47.9 Å². The maximum Gasteiger partial charge on any atom is 0.490 e. The number of aryl methyl sites for hydroxylation is 2. The second-order valence-electron chi connectivity index (χ2n) is 8.03. The number of alkyl halides is 3. The summed E-state index contributed by atoms with van der Waals surface area (Å²) >= 11 is 0. The molecule has 1 aliphatic rings. The molecule has 3 rings (SSSR count). The SMILES string of the molecule is Cc1cc(OC(C)(C)C)ccc1-c1c(C)ncnc1N1CC=CC1.O=C(O)C(F)(F)F. The van der Waals surface area contributed by atoms with Crippen LogP contribution in [0.3, 0.4) is 0 Å². The molecule has 0 radical (unpaired) electrons. The van der Waals surface area contributed by atoms with Gasteiger partial charge >= 0.3 is 12.1 Å². The molecule has 2 heterocycles. The van der Waals surface area contributed by atoms with Crippen LogP contribution in [-0.2, 0) is 4.79 Å². The molecule has 0 fully saturated rings. The van der Waals surface area contributed by atoms with Crippen molar-refractivity contribution in [2.24, 2.45) is 0 Å². The lowest BCUT2D eigenvalue weighted by atomic mass is 9.99. The number of ether oxygens (including phenoxy) is 1. The third-order valence-electron chi connectivity index (χ3n) is 4.27. The Morgan fingerprint density at radius 3 is 2.16 bits per heavy atom. The molecule has 0 spiro atoms. The standard InChI is InChI=1S/C20H25N3O.C2HF3O2/c1-14-12-16(24-20(3,4)5)8-9-17(14)18-15(2)21-13-22-19(18)23-10-6-7-11-23;3-2(4,5)1(6)7/h6-9,12-13H,10-11H2,1-5H3;(H,6,7). The molecule has 1 aromatic carbocycles. The molecule has 0 amide bonds. The van der Waals surface area contributed by atoms with Crippen LogP contribution in [0, 0.1) is 13.8 Å². The van der Waals surface area contributed by atoms with Gasteiger partial charge in [0.2, 0.25) is 0 Å². The van der Waals surface area contributed by atoms with Gasteiger partial charge in [-0.3, -0.25) is 0 Å². The molecule has 6 nitrogen and oxygen atoms in total. The molecule has 0 aliphatic carbocycles. The normalized spacial score (nSPS) is 13.6. The van der Waals surface area contributed by atoms with Gasteiger partial charge in [0, 0.05) is 18.7 Å². The molecule has 2 aromatic rings. The van der Waals surface area contributed by atoms with Gasteiger partial charge in [-0.05, 0) is 57.9 Å². The maximum absolute atomic E-state index is 10.6. The first-order chi connectivity index (χ1) is 14.3. The Balaban J connectivity index is 0.000000423. The van der Waals surface area contributed by atoms with Crippen LogP contribution in [0.1, 0.15) is 32.0 Å². The highest BCUT2D eigenvalue weighted by Crippen LogP contribution is 2.35. The fourth-order valence-corrected chi connectivity index (χ4v) is 3.00. The van der Waals surface area contributed by atoms with Gasteiger partial charge in [-0.15, -0.1) is 0 Å². The number of carboxylic acids is 1. The number of benzene rings is 1. The molecule has 0 unspecified atom stereocenters. The van der Waals surface area contributed by atoms with Crippen LogP contribution in [0.4, 0.5) is 19.0 Å². The van der Waals surface area contributed by atoms with Crippen molar-refractivity contribution in [3.8, 4) is 16.9 Å². The molecule has 1 aliphatic heterocycles. The fourth-order valence-electron chi connectivity index (χ4n) is 3.00. The molecule has 1 N–H and O–H groups in total. The predicted octanol–water partition coefficient (Wildman–Crippen LogP) is 4.95. The zero-order chi connectivity index (χ0) is 23.4. The van der Waals surface area contributed by atoms with Crippen molar-refractivity contribution < 1.29 is 27.8 Å².